The van der Waals surface area contributed by atoms with E-state index in [1.165, 1.54) is 12.1 Å². The molecule has 0 spiro atoms. The predicted molar refractivity (Wildman–Crippen MR) is 97.0 cm³/mol. The van der Waals surface area contributed by atoms with Gasteiger partial charge < -0.3 is 14.0 Å². The molecule has 0 saturated heterocycles. The lowest BCUT2D eigenvalue weighted by molar-refractivity contribution is 0.0338. The van der Waals surface area contributed by atoms with Crippen LogP contribution in [0.4, 0.5) is 4.39 Å². The lowest BCUT2D eigenvalue weighted by Gasteiger charge is -2.14. The van der Waals surface area contributed by atoms with Crippen LogP contribution < -0.4 is 4.74 Å². The highest BCUT2D eigenvalue weighted by molar-refractivity contribution is 5.89. The molecular weight excluding hydrogens is 349 g/mol. The van der Waals surface area contributed by atoms with Crippen LogP contribution in [0.15, 0.2) is 53.1 Å². The zero-order valence-corrected chi connectivity index (χ0v) is 15.4. The second-order valence-electron chi connectivity index (χ2n) is 6.21. The van der Waals surface area contributed by atoms with E-state index >= 15 is 0 Å². The fourth-order valence-corrected chi connectivity index (χ4v) is 2.58. The van der Waals surface area contributed by atoms with E-state index in [0.717, 1.165) is 22.6 Å². The van der Waals surface area contributed by atoms with Crippen molar-refractivity contribution >= 4 is 5.97 Å². The van der Waals surface area contributed by atoms with Gasteiger partial charge in [-0.25, -0.2) is 9.18 Å². The highest BCUT2D eigenvalue weighted by Gasteiger charge is 2.14. The number of carbonyl (C=O) groups excluding carboxylic acids is 1. The summed E-state index contributed by atoms with van der Waals surface area (Å²) in [5.41, 5.74) is 2.84. The van der Waals surface area contributed by atoms with E-state index in [1.807, 2.05) is 13.8 Å². The summed E-state index contributed by atoms with van der Waals surface area (Å²) in [4.78, 5) is 12.3. The molecule has 0 N–H and O–H groups in total. The third-order valence-electron chi connectivity index (χ3n) is 4.28. The van der Waals surface area contributed by atoms with E-state index in [0.29, 0.717) is 17.9 Å². The van der Waals surface area contributed by atoms with Crippen molar-refractivity contribution in [2.24, 2.45) is 0 Å². The van der Waals surface area contributed by atoms with Gasteiger partial charge in [0.15, 0.2) is 0 Å². The van der Waals surface area contributed by atoms with E-state index in [-0.39, 0.29) is 5.82 Å². The first-order valence-electron chi connectivity index (χ1n) is 8.55. The van der Waals surface area contributed by atoms with E-state index < -0.39 is 12.1 Å². The molecule has 2 aromatic carbocycles. The maximum Gasteiger partial charge on any atom is 0.338 e. The summed E-state index contributed by atoms with van der Waals surface area (Å²) in [6.45, 7) is 5.77. The number of hydrogen-bond acceptors (Lipinski definition) is 5. The molecular formula is C21H20FNO4. The Morgan fingerprint density at radius 2 is 1.78 bits per heavy atom. The average molecular weight is 369 g/mol. The molecule has 0 aliphatic heterocycles. The van der Waals surface area contributed by atoms with Gasteiger partial charge in [-0.1, -0.05) is 17.3 Å². The predicted octanol–water partition coefficient (Wildman–Crippen LogP) is 4.93. The molecule has 5 nitrogen and oxygen atoms in total. The highest BCUT2D eigenvalue weighted by atomic mass is 19.1. The number of hydrogen-bond donors (Lipinski definition) is 0. The summed E-state index contributed by atoms with van der Waals surface area (Å²) in [6.07, 6.45) is -0.478. The lowest BCUT2D eigenvalue weighted by atomic mass is 10.1. The van der Waals surface area contributed by atoms with Crippen LogP contribution in [-0.4, -0.2) is 11.1 Å². The highest BCUT2D eigenvalue weighted by Crippen LogP contribution is 2.21. The van der Waals surface area contributed by atoms with Gasteiger partial charge in [0.05, 0.1) is 16.8 Å². The number of aromatic nitrogens is 1. The van der Waals surface area contributed by atoms with E-state index in [2.05, 4.69) is 5.16 Å². The zero-order valence-electron chi connectivity index (χ0n) is 15.4. The Balaban J connectivity index is 1.59. The lowest BCUT2D eigenvalue weighted by Crippen LogP contribution is -2.09. The van der Waals surface area contributed by atoms with Gasteiger partial charge in [-0.3, -0.25) is 0 Å². The largest absolute Gasteiger partial charge is 0.489 e. The van der Waals surface area contributed by atoms with Crippen molar-refractivity contribution in [3.63, 3.8) is 0 Å². The Morgan fingerprint density at radius 1 is 1.11 bits per heavy atom. The topological polar surface area (TPSA) is 61.6 Å². The molecule has 1 aromatic heterocycles. The number of esters is 1. The number of rotatable bonds is 6. The van der Waals surface area contributed by atoms with Crippen molar-refractivity contribution in [2.75, 3.05) is 0 Å². The van der Waals surface area contributed by atoms with Crippen molar-refractivity contribution < 1.29 is 23.2 Å². The van der Waals surface area contributed by atoms with Crippen molar-refractivity contribution in [1.29, 1.82) is 0 Å². The molecule has 0 saturated carbocycles. The van der Waals surface area contributed by atoms with Crippen molar-refractivity contribution in [2.45, 2.75) is 33.5 Å². The van der Waals surface area contributed by atoms with Gasteiger partial charge in [0.1, 0.15) is 30.0 Å². The summed E-state index contributed by atoms with van der Waals surface area (Å²) >= 11 is 0. The van der Waals surface area contributed by atoms with Gasteiger partial charge in [0, 0.05) is 0 Å². The fraction of sp³-hybridized carbons (Fsp3) is 0.238. The van der Waals surface area contributed by atoms with Gasteiger partial charge in [-0.2, -0.15) is 0 Å². The zero-order chi connectivity index (χ0) is 19.4. The van der Waals surface area contributed by atoms with Crippen LogP contribution in [0.5, 0.6) is 5.75 Å². The third-order valence-corrected chi connectivity index (χ3v) is 4.28. The minimum atomic E-state index is -0.478. The Kier molecular flexibility index (Phi) is 5.54. The molecule has 0 amide bonds. The molecule has 0 fully saturated rings. The molecule has 0 radical (unpaired) electrons. The van der Waals surface area contributed by atoms with Crippen LogP contribution in [0.1, 0.15) is 46.0 Å². The number of carbonyl (C=O) groups is 1. The monoisotopic (exact) mass is 369 g/mol. The third kappa shape index (κ3) is 4.53. The van der Waals surface area contributed by atoms with Gasteiger partial charge in [0.2, 0.25) is 0 Å². The Morgan fingerprint density at radius 3 is 2.37 bits per heavy atom. The molecule has 1 atom stereocenters. The summed E-state index contributed by atoms with van der Waals surface area (Å²) in [5, 5.41) is 3.89. The first-order valence-corrected chi connectivity index (χ1v) is 8.55. The Bertz CT molecular complexity index is 897. The van der Waals surface area contributed by atoms with Crippen LogP contribution in [0.2, 0.25) is 0 Å². The number of nitrogens with zero attached hydrogens (tertiary/aromatic N) is 1. The minimum absolute atomic E-state index is 0.329. The molecule has 3 aromatic rings. The quantitative estimate of drug-likeness (QED) is 0.577. The molecule has 27 heavy (non-hydrogen) atoms. The smallest absolute Gasteiger partial charge is 0.338 e. The maximum absolute atomic E-state index is 13.0. The second-order valence-corrected chi connectivity index (χ2v) is 6.21. The Labute approximate surface area is 156 Å². The normalized spacial score (nSPS) is 11.9. The summed E-state index contributed by atoms with van der Waals surface area (Å²) < 4.78 is 29.2. The number of benzene rings is 2. The minimum Gasteiger partial charge on any atom is -0.489 e. The average Bonchev–Trinajstić information content (AvgIpc) is 2.98. The molecule has 0 bridgehead atoms. The van der Waals surface area contributed by atoms with Crippen LogP contribution in [0.25, 0.3) is 0 Å². The van der Waals surface area contributed by atoms with Crippen LogP contribution >= 0.6 is 0 Å². The SMILES string of the molecule is Cc1noc(C)c1COc1ccc(C(=O)O[C@H](C)c2ccc(F)cc2)cc1. The van der Waals surface area contributed by atoms with Gasteiger partial charge in [-0.15, -0.1) is 0 Å². The van der Waals surface area contributed by atoms with E-state index in [1.54, 1.807) is 43.3 Å². The standard InChI is InChI=1S/C21H20FNO4/c1-13-20(15(3)27-23-13)12-25-19-10-6-17(7-11-19)21(24)26-14(2)16-4-8-18(22)9-5-16/h4-11,14H,12H2,1-3H3/t14-/m1/s1. The second kappa shape index (κ2) is 8.03. The summed E-state index contributed by atoms with van der Waals surface area (Å²) in [7, 11) is 0. The molecule has 3 rings (SSSR count). The van der Waals surface area contributed by atoms with Gasteiger partial charge >= 0.3 is 5.97 Å². The van der Waals surface area contributed by atoms with Crippen LogP contribution in [0.3, 0.4) is 0 Å². The molecule has 1 heterocycles. The summed E-state index contributed by atoms with van der Waals surface area (Å²) in [5.74, 6) is 0.564. The fourth-order valence-electron chi connectivity index (χ4n) is 2.58. The van der Waals surface area contributed by atoms with E-state index in [9.17, 15) is 9.18 Å². The van der Waals surface area contributed by atoms with Crippen molar-refractivity contribution in [3.05, 3.63) is 82.5 Å². The van der Waals surface area contributed by atoms with Crippen molar-refractivity contribution in [1.82, 2.24) is 5.16 Å². The first-order chi connectivity index (χ1) is 12.9. The van der Waals surface area contributed by atoms with Crippen LogP contribution in [-0.2, 0) is 11.3 Å². The molecule has 140 valence electrons. The molecule has 0 unspecified atom stereocenters. The first kappa shape index (κ1) is 18.6. The van der Waals surface area contributed by atoms with E-state index in [4.69, 9.17) is 14.0 Å². The maximum atomic E-state index is 13.0. The number of ether oxygens (including phenoxy) is 2. The summed E-state index contributed by atoms with van der Waals surface area (Å²) in [6, 6.07) is 12.6. The molecule has 6 heteroatoms. The van der Waals surface area contributed by atoms with Crippen LogP contribution in [0, 0.1) is 19.7 Å². The van der Waals surface area contributed by atoms with Gasteiger partial charge in [0.25, 0.3) is 0 Å². The number of aryl methyl sites for hydroxylation is 2. The molecule has 0 aliphatic rings. The Hall–Kier alpha value is -3.15. The van der Waals surface area contributed by atoms with Crippen molar-refractivity contribution in [3.8, 4) is 5.75 Å². The van der Waals surface area contributed by atoms with Gasteiger partial charge in [-0.05, 0) is 62.7 Å². The number of halogens is 1. The molecule has 0 aliphatic carbocycles.